The highest BCUT2D eigenvalue weighted by atomic mass is 16.6. The maximum Gasteiger partial charge on any atom is 0.306 e. The van der Waals surface area contributed by atoms with E-state index in [1.54, 1.807) is 0 Å². The molecule has 0 aromatic carbocycles. The molecular formula is C56H102O6. The van der Waals surface area contributed by atoms with Crippen LogP contribution in [0.15, 0.2) is 36.5 Å². The van der Waals surface area contributed by atoms with Crippen molar-refractivity contribution in [2.45, 2.75) is 290 Å². The van der Waals surface area contributed by atoms with E-state index in [1.807, 2.05) is 6.08 Å². The SMILES string of the molecule is CCCCCCCC/C=C\C/C=C\CCC(=O)OC(COC(=O)CCCCCCCCC/C=C\CCCCCCCCCC)COC(=O)CCCCCCCCCCCCCC. The van der Waals surface area contributed by atoms with Gasteiger partial charge in [-0.15, -0.1) is 0 Å². The lowest BCUT2D eigenvalue weighted by molar-refractivity contribution is -0.166. The number of carbonyl (C=O) groups is 3. The minimum absolute atomic E-state index is 0.0929. The van der Waals surface area contributed by atoms with E-state index in [2.05, 4.69) is 51.2 Å². The van der Waals surface area contributed by atoms with Gasteiger partial charge >= 0.3 is 17.9 Å². The average molecular weight is 871 g/mol. The summed E-state index contributed by atoms with van der Waals surface area (Å²) in [5, 5.41) is 0. The summed E-state index contributed by atoms with van der Waals surface area (Å²) in [4.78, 5) is 37.9. The number of unbranched alkanes of at least 4 members (excludes halogenated alkanes) is 32. The number of hydrogen-bond acceptors (Lipinski definition) is 6. The minimum Gasteiger partial charge on any atom is -0.462 e. The fourth-order valence-electron chi connectivity index (χ4n) is 7.79. The van der Waals surface area contributed by atoms with Gasteiger partial charge in [0.25, 0.3) is 0 Å². The Hall–Kier alpha value is -2.37. The van der Waals surface area contributed by atoms with Gasteiger partial charge in [0, 0.05) is 19.3 Å². The standard InChI is InChI=1S/C56H102O6/c1-4-7-10-13-16-19-22-25-26-27-28-29-30-32-34-37-40-43-46-49-55(58)61-52-53(51-60-54(57)48-45-42-39-36-33-24-21-18-15-12-9-6-3)62-56(59)50-47-44-41-38-35-31-23-20-17-14-11-8-5-2/h27-28,31,35,41,44,53H,4-26,29-30,32-34,36-40,42-43,45-52H2,1-3H3/b28-27-,35-31-,44-41-. The van der Waals surface area contributed by atoms with Crippen molar-refractivity contribution in [3.8, 4) is 0 Å². The Balaban J connectivity index is 4.36. The van der Waals surface area contributed by atoms with E-state index in [4.69, 9.17) is 14.2 Å². The van der Waals surface area contributed by atoms with Gasteiger partial charge in [-0.3, -0.25) is 14.4 Å². The molecule has 362 valence electrons. The van der Waals surface area contributed by atoms with Gasteiger partial charge in [0.15, 0.2) is 6.10 Å². The molecule has 0 saturated carbocycles. The van der Waals surface area contributed by atoms with Gasteiger partial charge in [-0.1, -0.05) is 237 Å². The van der Waals surface area contributed by atoms with Crippen molar-refractivity contribution in [3.63, 3.8) is 0 Å². The van der Waals surface area contributed by atoms with Gasteiger partial charge in [0.05, 0.1) is 0 Å². The van der Waals surface area contributed by atoms with E-state index >= 15 is 0 Å². The van der Waals surface area contributed by atoms with Crippen LogP contribution in [0, 0.1) is 0 Å². The van der Waals surface area contributed by atoms with E-state index in [0.717, 1.165) is 51.4 Å². The first-order valence-electron chi connectivity index (χ1n) is 27.0. The minimum atomic E-state index is -0.800. The molecule has 0 aliphatic heterocycles. The van der Waals surface area contributed by atoms with Crippen molar-refractivity contribution in [1.82, 2.24) is 0 Å². The Kier molecular flexibility index (Phi) is 49.3. The summed E-state index contributed by atoms with van der Waals surface area (Å²) in [7, 11) is 0. The van der Waals surface area contributed by atoms with Crippen LogP contribution in [-0.2, 0) is 28.6 Å². The second kappa shape index (κ2) is 51.3. The Morgan fingerprint density at radius 2 is 0.613 bits per heavy atom. The highest BCUT2D eigenvalue weighted by Crippen LogP contribution is 2.15. The van der Waals surface area contributed by atoms with Crippen LogP contribution in [0.4, 0.5) is 0 Å². The van der Waals surface area contributed by atoms with Crippen molar-refractivity contribution in [2.75, 3.05) is 13.2 Å². The van der Waals surface area contributed by atoms with Crippen LogP contribution in [0.5, 0.6) is 0 Å². The zero-order valence-electron chi connectivity index (χ0n) is 41.4. The highest BCUT2D eigenvalue weighted by Gasteiger charge is 2.19. The fourth-order valence-corrected chi connectivity index (χ4v) is 7.79. The molecule has 0 aliphatic rings. The molecule has 1 unspecified atom stereocenters. The van der Waals surface area contributed by atoms with Crippen molar-refractivity contribution in [2.24, 2.45) is 0 Å². The Morgan fingerprint density at radius 1 is 0.323 bits per heavy atom. The number of allylic oxidation sites excluding steroid dienone is 6. The zero-order valence-corrected chi connectivity index (χ0v) is 41.4. The normalized spacial score (nSPS) is 12.2. The smallest absolute Gasteiger partial charge is 0.306 e. The van der Waals surface area contributed by atoms with Crippen LogP contribution in [0.2, 0.25) is 0 Å². The molecule has 0 rings (SSSR count). The number of rotatable bonds is 49. The molecule has 0 bridgehead atoms. The predicted octanol–water partition coefficient (Wildman–Crippen LogP) is 17.7. The molecule has 0 saturated heterocycles. The molecule has 62 heavy (non-hydrogen) atoms. The van der Waals surface area contributed by atoms with Gasteiger partial charge in [-0.05, 0) is 64.2 Å². The third-order valence-corrected chi connectivity index (χ3v) is 11.9. The molecule has 0 N–H and O–H groups in total. The number of hydrogen-bond donors (Lipinski definition) is 0. The maximum atomic E-state index is 12.7. The molecule has 6 nitrogen and oxygen atoms in total. The molecule has 0 amide bonds. The lowest BCUT2D eigenvalue weighted by atomic mass is 10.0. The summed E-state index contributed by atoms with van der Waals surface area (Å²) in [6, 6.07) is 0. The zero-order chi connectivity index (χ0) is 45.1. The van der Waals surface area contributed by atoms with E-state index in [-0.39, 0.29) is 37.5 Å². The Bertz CT molecular complexity index is 1050. The molecule has 0 radical (unpaired) electrons. The van der Waals surface area contributed by atoms with Crippen LogP contribution >= 0.6 is 0 Å². The lowest BCUT2D eigenvalue weighted by Gasteiger charge is -2.18. The first-order chi connectivity index (χ1) is 30.5. The average Bonchev–Trinajstić information content (AvgIpc) is 3.27. The van der Waals surface area contributed by atoms with Crippen LogP contribution < -0.4 is 0 Å². The molecule has 0 fully saturated rings. The van der Waals surface area contributed by atoms with Crippen LogP contribution in [0.1, 0.15) is 284 Å². The summed E-state index contributed by atoms with van der Waals surface area (Å²) >= 11 is 0. The number of carbonyl (C=O) groups excluding carboxylic acids is 3. The molecule has 0 aromatic heterocycles. The molecule has 6 heteroatoms. The first kappa shape index (κ1) is 59.6. The summed E-state index contributed by atoms with van der Waals surface area (Å²) < 4.78 is 16.7. The number of esters is 3. The molecule has 1 atom stereocenters. The Morgan fingerprint density at radius 3 is 0.968 bits per heavy atom. The monoisotopic (exact) mass is 871 g/mol. The second-order valence-electron chi connectivity index (χ2n) is 18.1. The van der Waals surface area contributed by atoms with Gasteiger partial charge in [0.1, 0.15) is 13.2 Å². The van der Waals surface area contributed by atoms with E-state index in [1.165, 1.54) is 186 Å². The van der Waals surface area contributed by atoms with E-state index < -0.39 is 6.10 Å². The second-order valence-corrected chi connectivity index (χ2v) is 18.1. The van der Waals surface area contributed by atoms with Crippen molar-refractivity contribution in [1.29, 1.82) is 0 Å². The first-order valence-corrected chi connectivity index (χ1v) is 27.0. The third kappa shape index (κ3) is 48.7. The Labute approximate surface area is 385 Å². The maximum absolute atomic E-state index is 12.7. The van der Waals surface area contributed by atoms with E-state index in [0.29, 0.717) is 19.3 Å². The van der Waals surface area contributed by atoms with Gasteiger partial charge in [0.2, 0.25) is 0 Å². The topological polar surface area (TPSA) is 78.9 Å². The largest absolute Gasteiger partial charge is 0.462 e. The van der Waals surface area contributed by atoms with Gasteiger partial charge in [-0.2, -0.15) is 0 Å². The van der Waals surface area contributed by atoms with Crippen molar-refractivity contribution >= 4 is 17.9 Å². The summed E-state index contributed by atoms with van der Waals surface area (Å²) in [5.41, 5.74) is 0. The van der Waals surface area contributed by atoms with Crippen molar-refractivity contribution < 1.29 is 28.6 Å². The quantitative estimate of drug-likeness (QED) is 0.0262. The van der Waals surface area contributed by atoms with Crippen LogP contribution in [-0.4, -0.2) is 37.2 Å². The van der Waals surface area contributed by atoms with Crippen molar-refractivity contribution in [3.05, 3.63) is 36.5 Å². The summed E-state index contributed by atoms with van der Waals surface area (Å²) in [5.74, 6) is -0.955. The third-order valence-electron chi connectivity index (χ3n) is 11.9. The van der Waals surface area contributed by atoms with Crippen LogP contribution in [0.3, 0.4) is 0 Å². The molecule has 0 heterocycles. The fraction of sp³-hybridized carbons (Fsp3) is 0.839. The molecular weight excluding hydrogens is 769 g/mol. The lowest BCUT2D eigenvalue weighted by Crippen LogP contribution is -2.30. The summed E-state index contributed by atoms with van der Waals surface area (Å²) in [6.07, 6.45) is 60.0. The predicted molar refractivity (Wildman–Crippen MR) is 266 cm³/mol. The highest BCUT2D eigenvalue weighted by molar-refractivity contribution is 5.71. The van der Waals surface area contributed by atoms with E-state index in [9.17, 15) is 14.4 Å². The summed E-state index contributed by atoms with van der Waals surface area (Å²) in [6.45, 7) is 6.60. The number of ether oxygens (including phenoxy) is 3. The van der Waals surface area contributed by atoms with Crippen LogP contribution in [0.25, 0.3) is 0 Å². The van der Waals surface area contributed by atoms with Gasteiger partial charge in [-0.25, -0.2) is 0 Å². The van der Waals surface area contributed by atoms with Gasteiger partial charge < -0.3 is 14.2 Å². The molecule has 0 aliphatic carbocycles. The molecule has 0 spiro atoms. The molecule has 0 aromatic rings.